The van der Waals surface area contributed by atoms with Crippen molar-refractivity contribution >= 4 is 17.5 Å². The van der Waals surface area contributed by atoms with Crippen LogP contribution in [0, 0.1) is 11.7 Å². The molecule has 6 nitrogen and oxygen atoms in total. The van der Waals surface area contributed by atoms with Gasteiger partial charge in [0.05, 0.1) is 5.92 Å². The van der Waals surface area contributed by atoms with Crippen molar-refractivity contribution in [3.63, 3.8) is 0 Å². The molecule has 26 heavy (non-hydrogen) atoms. The number of nitrogens with zero attached hydrogens (tertiary/aromatic N) is 2. The Balaban J connectivity index is 1.61. The molecular formula is C19H26FN3O3. The van der Waals surface area contributed by atoms with Crippen LogP contribution in [0.25, 0.3) is 0 Å². The highest BCUT2D eigenvalue weighted by atomic mass is 19.1. The molecule has 3 rings (SSSR count). The van der Waals surface area contributed by atoms with Gasteiger partial charge in [-0.15, -0.1) is 0 Å². The second-order valence-electron chi connectivity index (χ2n) is 7.33. The number of benzene rings is 1. The Morgan fingerprint density at radius 1 is 1.38 bits per heavy atom. The summed E-state index contributed by atoms with van der Waals surface area (Å²) >= 11 is 0. The molecule has 1 N–H and O–H groups in total. The molecule has 2 aliphatic heterocycles. The summed E-state index contributed by atoms with van der Waals surface area (Å²) in [6, 6.07) is 5.91. The number of hydrogen-bond donors (Lipinski definition) is 1. The maximum atomic E-state index is 13.4. The van der Waals surface area contributed by atoms with Crippen molar-refractivity contribution in [3.8, 4) is 0 Å². The zero-order valence-corrected chi connectivity index (χ0v) is 15.3. The van der Waals surface area contributed by atoms with Crippen LogP contribution < -0.4 is 10.2 Å². The molecule has 0 aliphatic carbocycles. The van der Waals surface area contributed by atoms with Crippen LogP contribution in [0.5, 0.6) is 0 Å². The third kappa shape index (κ3) is 3.88. The lowest BCUT2D eigenvalue weighted by molar-refractivity contribution is -0.127. The molecule has 0 radical (unpaired) electrons. The Bertz CT molecular complexity index is 674. The van der Waals surface area contributed by atoms with Crippen molar-refractivity contribution in [1.29, 1.82) is 0 Å². The number of nitrogens with one attached hydrogen (secondary N) is 1. The summed E-state index contributed by atoms with van der Waals surface area (Å²) in [6.45, 7) is 2.19. The van der Waals surface area contributed by atoms with Gasteiger partial charge in [-0.2, -0.15) is 0 Å². The molecule has 2 fully saturated rings. The molecule has 0 bridgehead atoms. The van der Waals surface area contributed by atoms with E-state index < -0.39 is 11.7 Å². The zero-order chi connectivity index (χ0) is 18.7. The van der Waals surface area contributed by atoms with Crippen LogP contribution in [0.4, 0.5) is 10.1 Å². The second-order valence-corrected chi connectivity index (χ2v) is 7.33. The molecule has 0 aromatic heterocycles. The van der Waals surface area contributed by atoms with E-state index in [1.165, 1.54) is 17.0 Å². The average molecular weight is 363 g/mol. The fourth-order valence-corrected chi connectivity index (χ4v) is 3.71. The first-order valence-electron chi connectivity index (χ1n) is 9.00. The first-order valence-corrected chi connectivity index (χ1v) is 9.00. The maximum absolute atomic E-state index is 13.4. The molecule has 7 heteroatoms. The molecular weight excluding hydrogens is 337 g/mol. The maximum Gasteiger partial charge on any atom is 0.227 e. The van der Waals surface area contributed by atoms with Crippen molar-refractivity contribution in [2.75, 3.05) is 45.3 Å². The van der Waals surface area contributed by atoms with Crippen LogP contribution in [-0.2, 0) is 14.3 Å². The van der Waals surface area contributed by atoms with Gasteiger partial charge < -0.3 is 19.9 Å². The average Bonchev–Trinajstić information content (AvgIpc) is 3.02. The molecule has 0 unspecified atom stereocenters. The van der Waals surface area contributed by atoms with Crippen LogP contribution in [0.2, 0.25) is 0 Å². The predicted molar refractivity (Wildman–Crippen MR) is 96.3 cm³/mol. The Hall–Kier alpha value is -1.99. The smallest absolute Gasteiger partial charge is 0.227 e. The van der Waals surface area contributed by atoms with E-state index in [0.717, 1.165) is 12.8 Å². The predicted octanol–water partition coefficient (Wildman–Crippen LogP) is 1.41. The van der Waals surface area contributed by atoms with Gasteiger partial charge in [-0.05, 0) is 45.1 Å². The number of ether oxygens (including phenoxy) is 1. The lowest BCUT2D eigenvalue weighted by Crippen LogP contribution is -2.56. The molecule has 1 atom stereocenters. The highest BCUT2D eigenvalue weighted by molar-refractivity contribution is 6.00. The van der Waals surface area contributed by atoms with E-state index in [0.29, 0.717) is 25.4 Å². The van der Waals surface area contributed by atoms with Gasteiger partial charge in [-0.3, -0.25) is 9.59 Å². The Morgan fingerprint density at radius 3 is 2.77 bits per heavy atom. The zero-order valence-electron chi connectivity index (χ0n) is 15.3. The molecule has 0 saturated carbocycles. The van der Waals surface area contributed by atoms with Crippen molar-refractivity contribution in [2.45, 2.75) is 24.8 Å². The molecule has 2 aliphatic rings. The van der Waals surface area contributed by atoms with Gasteiger partial charge in [0.15, 0.2) is 0 Å². The van der Waals surface area contributed by atoms with Crippen LogP contribution in [-0.4, -0.2) is 62.7 Å². The van der Waals surface area contributed by atoms with Gasteiger partial charge in [0.1, 0.15) is 5.82 Å². The summed E-state index contributed by atoms with van der Waals surface area (Å²) in [5.41, 5.74) is 0.387. The normalized spacial score (nSPS) is 22.7. The SMILES string of the molecule is CN(C)C1(CNC(=O)[C@H]2CC(=O)N(c3cccc(F)c3)C2)CCOCC1. The number of anilines is 1. The minimum absolute atomic E-state index is 0.112. The molecule has 2 saturated heterocycles. The first-order chi connectivity index (χ1) is 12.4. The third-order valence-electron chi connectivity index (χ3n) is 5.58. The number of carbonyl (C=O) groups is 2. The van der Waals surface area contributed by atoms with Gasteiger partial charge in [0.2, 0.25) is 11.8 Å². The number of amides is 2. The fraction of sp³-hybridized carbons (Fsp3) is 0.579. The van der Waals surface area contributed by atoms with Gasteiger partial charge in [-0.1, -0.05) is 6.07 Å². The third-order valence-corrected chi connectivity index (χ3v) is 5.58. The number of carbonyl (C=O) groups excluding carboxylic acids is 2. The Kier molecular flexibility index (Phi) is 5.58. The van der Waals surface area contributed by atoms with Crippen LogP contribution in [0.3, 0.4) is 0 Å². The second kappa shape index (κ2) is 7.72. The number of likely N-dealkylation sites (N-methyl/N-ethyl adjacent to an activating group) is 1. The molecule has 0 spiro atoms. The molecule has 142 valence electrons. The van der Waals surface area contributed by atoms with Crippen molar-refractivity contribution in [3.05, 3.63) is 30.1 Å². The van der Waals surface area contributed by atoms with Crippen LogP contribution in [0.1, 0.15) is 19.3 Å². The largest absolute Gasteiger partial charge is 0.381 e. The summed E-state index contributed by atoms with van der Waals surface area (Å²) in [5, 5.41) is 3.03. The minimum atomic E-state index is -0.412. The van der Waals surface area contributed by atoms with E-state index in [4.69, 9.17) is 4.74 Å². The molecule has 1 aromatic carbocycles. The van der Waals surface area contributed by atoms with Gasteiger partial charge >= 0.3 is 0 Å². The minimum Gasteiger partial charge on any atom is -0.381 e. The van der Waals surface area contributed by atoms with Crippen molar-refractivity contribution < 1.29 is 18.7 Å². The van der Waals surface area contributed by atoms with E-state index in [-0.39, 0.29) is 30.3 Å². The Labute approximate surface area is 153 Å². The summed E-state index contributed by atoms with van der Waals surface area (Å²) in [6.07, 6.45) is 1.87. The van der Waals surface area contributed by atoms with Crippen LogP contribution in [0.15, 0.2) is 24.3 Å². The van der Waals surface area contributed by atoms with Gasteiger partial charge in [0, 0.05) is 44.0 Å². The Morgan fingerprint density at radius 2 is 2.12 bits per heavy atom. The summed E-state index contributed by atoms with van der Waals surface area (Å²) < 4.78 is 18.9. The summed E-state index contributed by atoms with van der Waals surface area (Å²) in [5.74, 6) is -1.07. The molecule has 1 aromatic rings. The van der Waals surface area contributed by atoms with E-state index in [9.17, 15) is 14.0 Å². The lowest BCUT2D eigenvalue weighted by Gasteiger charge is -2.43. The number of rotatable bonds is 5. The summed E-state index contributed by atoms with van der Waals surface area (Å²) in [7, 11) is 4.03. The summed E-state index contributed by atoms with van der Waals surface area (Å²) in [4.78, 5) is 28.5. The van der Waals surface area contributed by atoms with Crippen molar-refractivity contribution in [2.24, 2.45) is 5.92 Å². The van der Waals surface area contributed by atoms with E-state index >= 15 is 0 Å². The molecule has 2 amide bonds. The van der Waals surface area contributed by atoms with Gasteiger partial charge in [-0.25, -0.2) is 4.39 Å². The fourth-order valence-electron chi connectivity index (χ4n) is 3.71. The number of hydrogen-bond acceptors (Lipinski definition) is 4. The van der Waals surface area contributed by atoms with E-state index in [1.54, 1.807) is 12.1 Å². The van der Waals surface area contributed by atoms with E-state index in [2.05, 4.69) is 10.2 Å². The molecule has 2 heterocycles. The number of halogens is 1. The van der Waals surface area contributed by atoms with Crippen molar-refractivity contribution in [1.82, 2.24) is 10.2 Å². The highest BCUT2D eigenvalue weighted by Crippen LogP contribution is 2.27. The quantitative estimate of drug-likeness (QED) is 0.859. The topological polar surface area (TPSA) is 61.9 Å². The highest BCUT2D eigenvalue weighted by Gasteiger charge is 2.38. The van der Waals surface area contributed by atoms with E-state index in [1.807, 2.05) is 14.1 Å². The van der Waals surface area contributed by atoms with Gasteiger partial charge in [0.25, 0.3) is 0 Å². The van der Waals surface area contributed by atoms with Crippen LogP contribution >= 0.6 is 0 Å². The monoisotopic (exact) mass is 363 g/mol. The first kappa shape index (κ1) is 18.8. The lowest BCUT2D eigenvalue weighted by atomic mass is 9.88. The standard InChI is InChI=1S/C19H26FN3O3/c1-22(2)19(6-8-26-9-7-19)13-21-18(25)14-10-17(24)23(12-14)16-5-3-4-15(20)11-16/h3-5,11,14H,6-10,12-13H2,1-2H3,(H,21,25)/t14-/m0/s1.